The number of fused-ring (bicyclic) bond motifs is 1. The lowest BCUT2D eigenvalue weighted by atomic mass is 9.89. The number of amides is 2. The van der Waals surface area contributed by atoms with Crippen LogP contribution < -0.4 is 4.74 Å². The number of rotatable bonds is 7. The van der Waals surface area contributed by atoms with E-state index in [1.54, 1.807) is 11.0 Å². The Morgan fingerprint density at radius 1 is 1.10 bits per heavy atom. The number of alkyl halides is 1. The molecule has 0 bridgehead atoms. The summed E-state index contributed by atoms with van der Waals surface area (Å²) in [5.41, 5.74) is 0.546. The van der Waals surface area contributed by atoms with Crippen molar-refractivity contribution in [3.05, 3.63) is 36.0 Å². The molecule has 214 valence electrons. The molecule has 1 aromatic carbocycles. The minimum Gasteiger partial charge on any atom is -0.491 e. The predicted molar refractivity (Wildman–Crippen MR) is 156 cm³/mol. The van der Waals surface area contributed by atoms with Crippen molar-refractivity contribution in [2.45, 2.75) is 90.2 Å². The van der Waals surface area contributed by atoms with Gasteiger partial charge in [0.05, 0.1) is 6.61 Å². The Kier molecular flexibility index (Phi) is 9.63. The van der Waals surface area contributed by atoms with Gasteiger partial charge in [0.1, 0.15) is 22.6 Å². The summed E-state index contributed by atoms with van der Waals surface area (Å²) in [6, 6.07) is 9.55. The van der Waals surface area contributed by atoms with Gasteiger partial charge in [-0.3, -0.25) is 4.79 Å². The van der Waals surface area contributed by atoms with E-state index in [0.29, 0.717) is 49.1 Å². The summed E-state index contributed by atoms with van der Waals surface area (Å²) in [6.07, 6.45) is 5.53. The molecule has 2 heterocycles. The second-order valence-electron chi connectivity index (χ2n) is 12.5. The van der Waals surface area contributed by atoms with Crippen LogP contribution in [0, 0.1) is 11.8 Å². The van der Waals surface area contributed by atoms with Crippen molar-refractivity contribution in [1.82, 2.24) is 14.8 Å². The number of hydrogen-bond acceptors (Lipinski definition) is 5. The topological polar surface area (TPSA) is 72.0 Å². The molecule has 4 rings (SSSR count). The smallest absolute Gasteiger partial charge is 0.410 e. The van der Waals surface area contributed by atoms with Gasteiger partial charge < -0.3 is 19.3 Å². The highest BCUT2D eigenvalue weighted by atomic mass is 35.5. The number of hydrogen-bond donors (Lipinski definition) is 0. The molecule has 0 N–H and O–H groups in total. The molecule has 1 saturated heterocycles. The number of halogens is 1. The summed E-state index contributed by atoms with van der Waals surface area (Å²) in [7, 11) is 0. The molecule has 1 aliphatic heterocycles. The largest absolute Gasteiger partial charge is 0.491 e. The molecule has 1 saturated carbocycles. The third-order valence-corrected chi connectivity index (χ3v) is 7.90. The Hall–Kier alpha value is -2.54. The third-order valence-electron chi connectivity index (χ3n) is 7.46. The highest BCUT2D eigenvalue weighted by Gasteiger charge is 2.34. The number of ether oxygens (including phenoxy) is 2. The van der Waals surface area contributed by atoms with Crippen LogP contribution in [0.3, 0.4) is 0 Å². The van der Waals surface area contributed by atoms with Gasteiger partial charge in [0.25, 0.3) is 5.91 Å². The van der Waals surface area contributed by atoms with Crippen LogP contribution in [-0.2, 0) is 4.74 Å². The molecule has 7 nitrogen and oxygen atoms in total. The molecule has 1 unspecified atom stereocenters. The Morgan fingerprint density at radius 3 is 2.54 bits per heavy atom. The number of carbonyl (C=O) groups excluding carboxylic acids is 2. The van der Waals surface area contributed by atoms with E-state index >= 15 is 0 Å². The summed E-state index contributed by atoms with van der Waals surface area (Å²) < 4.78 is 11.9. The lowest BCUT2D eigenvalue weighted by molar-refractivity contribution is 0.00938. The summed E-state index contributed by atoms with van der Waals surface area (Å²) in [6.45, 7) is 12.1. The first-order chi connectivity index (χ1) is 18.5. The van der Waals surface area contributed by atoms with Crippen LogP contribution in [0.5, 0.6) is 5.75 Å². The number of likely N-dealkylation sites (tertiary alicyclic amines) is 1. The van der Waals surface area contributed by atoms with Crippen LogP contribution in [0.2, 0.25) is 0 Å². The average Bonchev–Trinajstić information content (AvgIpc) is 2.89. The molecule has 39 heavy (non-hydrogen) atoms. The number of aromatic nitrogens is 1. The molecule has 2 aliphatic rings. The molecule has 2 amide bonds. The van der Waals surface area contributed by atoms with Gasteiger partial charge in [-0.2, -0.15) is 0 Å². The molecule has 8 heteroatoms. The van der Waals surface area contributed by atoms with Gasteiger partial charge in [-0.05, 0) is 83.3 Å². The zero-order valence-electron chi connectivity index (χ0n) is 24.1. The minimum absolute atomic E-state index is 0.0952. The first-order valence-corrected chi connectivity index (χ1v) is 14.9. The first kappa shape index (κ1) is 29.4. The van der Waals surface area contributed by atoms with E-state index in [1.165, 1.54) is 0 Å². The van der Waals surface area contributed by atoms with Gasteiger partial charge in [-0.1, -0.05) is 32.0 Å². The van der Waals surface area contributed by atoms with Crippen molar-refractivity contribution in [3.8, 4) is 5.75 Å². The van der Waals surface area contributed by atoms with Crippen LogP contribution >= 0.6 is 11.6 Å². The monoisotopic (exact) mass is 557 g/mol. The van der Waals surface area contributed by atoms with Crippen molar-refractivity contribution in [2.24, 2.45) is 11.8 Å². The maximum absolute atomic E-state index is 14.0. The van der Waals surface area contributed by atoms with E-state index in [-0.39, 0.29) is 29.3 Å². The molecule has 2 fully saturated rings. The average molecular weight is 558 g/mol. The van der Waals surface area contributed by atoms with E-state index < -0.39 is 5.60 Å². The summed E-state index contributed by atoms with van der Waals surface area (Å²) in [5, 5.41) is 1.22. The Balaban J connectivity index is 1.53. The fourth-order valence-corrected chi connectivity index (χ4v) is 5.74. The van der Waals surface area contributed by atoms with E-state index in [2.05, 4.69) is 13.8 Å². The van der Waals surface area contributed by atoms with E-state index in [0.717, 1.165) is 43.9 Å². The van der Waals surface area contributed by atoms with E-state index in [4.69, 9.17) is 26.1 Å². The van der Waals surface area contributed by atoms with Crippen LogP contribution in [-0.4, -0.2) is 70.0 Å². The Bertz CT molecular complexity index is 1140. The zero-order chi connectivity index (χ0) is 28.2. The van der Waals surface area contributed by atoms with Crippen molar-refractivity contribution in [1.29, 1.82) is 0 Å². The fraction of sp³-hybridized carbons (Fsp3) is 0.645. The van der Waals surface area contributed by atoms with Gasteiger partial charge >= 0.3 is 6.09 Å². The Morgan fingerprint density at radius 2 is 1.85 bits per heavy atom. The van der Waals surface area contributed by atoms with Gasteiger partial charge in [0, 0.05) is 36.4 Å². The van der Waals surface area contributed by atoms with Gasteiger partial charge in [0.15, 0.2) is 0 Å². The van der Waals surface area contributed by atoms with Crippen LogP contribution in [0.4, 0.5) is 4.79 Å². The van der Waals surface area contributed by atoms with Crippen molar-refractivity contribution >= 4 is 34.5 Å². The molecule has 1 aliphatic carbocycles. The molecular weight excluding hydrogens is 514 g/mol. The zero-order valence-corrected chi connectivity index (χ0v) is 24.9. The predicted octanol–water partition coefficient (Wildman–Crippen LogP) is 6.91. The molecule has 1 aromatic heterocycles. The number of carbonyl (C=O) groups is 2. The van der Waals surface area contributed by atoms with Crippen LogP contribution in [0.25, 0.3) is 10.9 Å². The van der Waals surface area contributed by atoms with Gasteiger partial charge in [-0.15, -0.1) is 11.6 Å². The first-order valence-electron chi connectivity index (χ1n) is 14.5. The Labute approximate surface area is 238 Å². The summed E-state index contributed by atoms with van der Waals surface area (Å²) in [5.74, 6) is 1.35. The molecule has 0 radical (unpaired) electrons. The van der Waals surface area contributed by atoms with Crippen LogP contribution in [0.1, 0.15) is 83.6 Å². The number of benzene rings is 1. The fourth-order valence-electron chi connectivity index (χ4n) is 5.49. The lowest BCUT2D eigenvalue weighted by Gasteiger charge is -2.40. The lowest BCUT2D eigenvalue weighted by Crippen LogP contribution is -2.53. The number of nitrogens with zero attached hydrogens (tertiary/aromatic N) is 3. The van der Waals surface area contributed by atoms with Gasteiger partial charge in [0.2, 0.25) is 0 Å². The second kappa shape index (κ2) is 12.8. The summed E-state index contributed by atoms with van der Waals surface area (Å²) >= 11 is 6.27. The highest BCUT2D eigenvalue weighted by Crippen LogP contribution is 2.30. The maximum atomic E-state index is 14.0. The maximum Gasteiger partial charge on any atom is 0.410 e. The number of piperidine rings is 1. The number of para-hydroxylation sites is 1. The SMILES string of the molecule is CC(C)CN(C(=O)c1ccc2cccc(OCC3CCC(Cl)CC3)c2n1)C1CCCN(C(=O)OC(C)(C)C)C1. The molecule has 0 spiro atoms. The molecular formula is C31H44ClN3O4. The van der Waals surface area contributed by atoms with Crippen molar-refractivity contribution in [2.75, 3.05) is 26.2 Å². The highest BCUT2D eigenvalue weighted by molar-refractivity contribution is 6.20. The normalized spacial score (nSPS) is 22.1. The second-order valence-corrected chi connectivity index (χ2v) is 13.1. The third kappa shape index (κ3) is 8.00. The van der Waals surface area contributed by atoms with Crippen molar-refractivity contribution < 1.29 is 19.1 Å². The van der Waals surface area contributed by atoms with Crippen molar-refractivity contribution in [3.63, 3.8) is 0 Å². The minimum atomic E-state index is -0.560. The standard InChI is InChI=1S/C31H44ClN3O4/c1-21(2)18-35(25-9-7-17-34(19-25)30(37)39-31(3,4)5)29(36)26-16-13-23-8-6-10-27(28(23)33-26)38-20-22-11-14-24(32)15-12-22/h6,8,10,13,16,21-22,24-25H,7,9,11-12,14-15,17-20H2,1-5H3. The van der Waals surface area contributed by atoms with E-state index in [1.807, 2.05) is 49.9 Å². The van der Waals surface area contributed by atoms with Crippen LogP contribution in [0.15, 0.2) is 30.3 Å². The van der Waals surface area contributed by atoms with Gasteiger partial charge in [-0.25, -0.2) is 9.78 Å². The molecule has 1 atom stereocenters. The summed E-state index contributed by atoms with van der Waals surface area (Å²) in [4.78, 5) is 35.2. The number of pyridine rings is 1. The molecule has 2 aromatic rings. The quantitative estimate of drug-likeness (QED) is 0.346. The van der Waals surface area contributed by atoms with E-state index in [9.17, 15) is 9.59 Å².